The van der Waals surface area contributed by atoms with Crippen LogP contribution in [0.25, 0.3) is 0 Å². The van der Waals surface area contributed by atoms with Gasteiger partial charge in [-0.05, 0) is 130 Å². The summed E-state index contributed by atoms with van der Waals surface area (Å²) in [5.74, 6) is 4.31. The molecule has 218 valence electrons. The third kappa shape index (κ3) is 8.69. The van der Waals surface area contributed by atoms with Crippen molar-refractivity contribution in [3.63, 3.8) is 0 Å². The molecule has 2 saturated carbocycles. The molecule has 2 unspecified atom stereocenters. The fraction of sp³-hybridized carbons (Fsp3) is 0.750. The van der Waals surface area contributed by atoms with Crippen LogP contribution in [-0.2, 0) is 22.4 Å². The number of aliphatic hydroxyl groups excluding tert-OH is 1. The van der Waals surface area contributed by atoms with Gasteiger partial charge in [0.25, 0.3) is 0 Å². The number of aryl methyl sites for hydroxylation is 1. The van der Waals surface area contributed by atoms with Crippen molar-refractivity contribution >= 4 is 5.97 Å². The SMILES string of the molecule is C=C(C)C(=O)OCCC(CCO)C1CCC(c2ccc3c(c2)CCC(C2CCC(CCCCC)CC2)C3)CC1. The highest BCUT2D eigenvalue weighted by molar-refractivity contribution is 5.86. The molecule has 0 aliphatic heterocycles. The van der Waals surface area contributed by atoms with Crippen molar-refractivity contribution in [3.05, 3.63) is 47.0 Å². The number of fused-ring (bicyclic) bond motifs is 1. The molecule has 0 aromatic heterocycles. The second-order valence-electron chi connectivity index (χ2n) is 13.4. The van der Waals surface area contributed by atoms with E-state index >= 15 is 0 Å². The topological polar surface area (TPSA) is 46.5 Å². The molecule has 4 rings (SSSR count). The van der Waals surface area contributed by atoms with E-state index in [2.05, 4.69) is 31.7 Å². The molecule has 2 atom stereocenters. The lowest BCUT2D eigenvalue weighted by Crippen LogP contribution is -2.27. The Morgan fingerprint density at radius 2 is 1.74 bits per heavy atom. The van der Waals surface area contributed by atoms with Gasteiger partial charge in [-0.1, -0.05) is 70.2 Å². The Bertz CT molecular complexity index is 904. The number of benzene rings is 1. The van der Waals surface area contributed by atoms with Crippen LogP contribution in [0.2, 0.25) is 0 Å². The van der Waals surface area contributed by atoms with Crippen LogP contribution in [0, 0.1) is 29.6 Å². The first-order valence-corrected chi connectivity index (χ1v) is 16.5. The Morgan fingerprint density at radius 1 is 0.974 bits per heavy atom. The minimum Gasteiger partial charge on any atom is -0.462 e. The fourth-order valence-electron chi connectivity index (χ4n) is 8.22. The predicted molar refractivity (Wildman–Crippen MR) is 162 cm³/mol. The van der Waals surface area contributed by atoms with E-state index in [1.165, 1.54) is 96.3 Å². The van der Waals surface area contributed by atoms with Crippen LogP contribution in [-0.4, -0.2) is 24.3 Å². The molecule has 0 heterocycles. The highest BCUT2D eigenvalue weighted by atomic mass is 16.5. The summed E-state index contributed by atoms with van der Waals surface area (Å²) in [7, 11) is 0. The molecule has 0 bridgehead atoms. The van der Waals surface area contributed by atoms with E-state index in [1.807, 2.05) is 0 Å². The first-order chi connectivity index (χ1) is 19.0. The number of unbranched alkanes of at least 4 members (excludes halogenated alkanes) is 2. The minimum absolute atomic E-state index is 0.214. The van der Waals surface area contributed by atoms with Gasteiger partial charge in [0.2, 0.25) is 0 Å². The maximum atomic E-state index is 11.7. The van der Waals surface area contributed by atoms with Crippen molar-refractivity contribution in [2.24, 2.45) is 29.6 Å². The van der Waals surface area contributed by atoms with Crippen LogP contribution < -0.4 is 0 Å². The summed E-state index contributed by atoms with van der Waals surface area (Å²) in [5, 5.41) is 9.64. The summed E-state index contributed by atoms with van der Waals surface area (Å²) >= 11 is 0. The minimum atomic E-state index is -0.301. The second kappa shape index (κ2) is 15.4. The van der Waals surface area contributed by atoms with Gasteiger partial charge in [0.15, 0.2) is 0 Å². The Morgan fingerprint density at radius 3 is 2.44 bits per heavy atom. The zero-order chi connectivity index (χ0) is 27.6. The Balaban J connectivity index is 1.24. The highest BCUT2D eigenvalue weighted by Crippen LogP contribution is 2.43. The smallest absolute Gasteiger partial charge is 0.333 e. The van der Waals surface area contributed by atoms with E-state index < -0.39 is 0 Å². The Kier molecular flexibility index (Phi) is 12.0. The van der Waals surface area contributed by atoms with Crippen molar-refractivity contribution in [2.75, 3.05) is 13.2 Å². The van der Waals surface area contributed by atoms with E-state index in [0.29, 0.717) is 29.9 Å². The molecule has 0 radical (unpaired) electrons. The molecule has 3 nitrogen and oxygen atoms in total. The molecular formula is C36H56O3. The predicted octanol–water partition coefficient (Wildman–Crippen LogP) is 8.96. The number of ether oxygens (including phenoxy) is 1. The molecule has 39 heavy (non-hydrogen) atoms. The molecule has 0 spiro atoms. The average Bonchev–Trinajstić information content (AvgIpc) is 2.96. The number of hydrogen-bond acceptors (Lipinski definition) is 3. The first-order valence-electron chi connectivity index (χ1n) is 16.5. The number of carbonyl (C=O) groups is 1. The molecule has 1 aromatic carbocycles. The van der Waals surface area contributed by atoms with E-state index in [-0.39, 0.29) is 12.6 Å². The highest BCUT2D eigenvalue weighted by Gasteiger charge is 2.32. The molecule has 2 fully saturated rings. The van der Waals surface area contributed by atoms with Gasteiger partial charge < -0.3 is 9.84 Å². The summed E-state index contributed by atoms with van der Waals surface area (Å²) in [6.45, 7) is 8.32. The number of rotatable bonds is 13. The molecule has 0 amide bonds. The summed E-state index contributed by atoms with van der Waals surface area (Å²) in [6.07, 6.45) is 22.2. The first kappa shape index (κ1) is 30.4. The van der Waals surface area contributed by atoms with Gasteiger partial charge in [-0.2, -0.15) is 0 Å². The van der Waals surface area contributed by atoms with Crippen LogP contribution in [0.5, 0.6) is 0 Å². The van der Waals surface area contributed by atoms with E-state index in [4.69, 9.17) is 4.74 Å². The Hall–Kier alpha value is -1.61. The van der Waals surface area contributed by atoms with E-state index in [1.54, 1.807) is 23.6 Å². The molecule has 1 N–H and O–H groups in total. The van der Waals surface area contributed by atoms with Crippen LogP contribution in [0.3, 0.4) is 0 Å². The van der Waals surface area contributed by atoms with Gasteiger partial charge in [-0.3, -0.25) is 0 Å². The zero-order valence-corrected chi connectivity index (χ0v) is 25.1. The lowest BCUT2D eigenvalue weighted by molar-refractivity contribution is -0.139. The van der Waals surface area contributed by atoms with Gasteiger partial charge in [0, 0.05) is 12.2 Å². The van der Waals surface area contributed by atoms with E-state index in [9.17, 15) is 9.90 Å². The van der Waals surface area contributed by atoms with Gasteiger partial charge >= 0.3 is 5.97 Å². The number of carbonyl (C=O) groups excluding carboxylic acids is 1. The maximum Gasteiger partial charge on any atom is 0.333 e. The maximum absolute atomic E-state index is 11.7. The average molecular weight is 537 g/mol. The van der Waals surface area contributed by atoms with Crippen molar-refractivity contribution in [1.82, 2.24) is 0 Å². The van der Waals surface area contributed by atoms with Crippen molar-refractivity contribution < 1.29 is 14.6 Å². The van der Waals surface area contributed by atoms with Crippen LogP contribution in [0.1, 0.15) is 133 Å². The second-order valence-corrected chi connectivity index (χ2v) is 13.4. The summed E-state index contributed by atoms with van der Waals surface area (Å²) < 4.78 is 5.36. The van der Waals surface area contributed by atoms with Gasteiger partial charge in [-0.25, -0.2) is 4.79 Å². The lowest BCUT2D eigenvalue weighted by Gasteiger charge is -2.37. The normalized spacial score (nSPS) is 27.9. The molecule has 1 aromatic rings. The fourth-order valence-corrected chi connectivity index (χ4v) is 8.22. The molecule has 3 aliphatic rings. The van der Waals surface area contributed by atoms with Crippen LogP contribution >= 0.6 is 0 Å². The Labute approximate surface area is 239 Å². The number of esters is 1. The van der Waals surface area contributed by atoms with Gasteiger partial charge in [0.1, 0.15) is 0 Å². The van der Waals surface area contributed by atoms with Gasteiger partial charge in [-0.15, -0.1) is 0 Å². The third-order valence-electron chi connectivity index (χ3n) is 10.8. The van der Waals surface area contributed by atoms with Crippen LogP contribution in [0.15, 0.2) is 30.4 Å². The van der Waals surface area contributed by atoms with E-state index in [0.717, 1.165) is 30.6 Å². The lowest BCUT2D eigenvalue weighted by atomic mass is 9.68. The number of hydrogen-bond donors (Lipinski definition) is 1. The largest absolute Gasteiger partial charge is 0.462 e. The van der Waals surface area contributed by atoms with Gasteiger partial charge in [0.05, 0.1) is 6.61 Å². The van der Waals surface area contributed by atoms with Crippen molar-refractivity contribution in [1.29, 1.82) is 0 Å². The monoisotopic (exact) mass is 536 g/mol. The molecule has 0 saturated heterocycles. The third-order valence-corrected chi connectivity index (χ3v) is 10.8. The van der Waals surface area contributed by atoms with Crippen LogP contribution in [0.4, 0.5) is 0 Å². The molecular weight excluding hydrogens is 480 g/mol. The summed E-state index contributed by atoms with van der Waals surface area (Å²) in [6, 6.07) is 7.52. The zero-order valence-electron chi connectivity index (χ0n) is 25.1. The standard InChI is InChI=1S/C36H56O3/c1-4-5-6-7-27-8-10-29(11-9-27)32-16-18-35-25-33(17-19-34(35)24-32)30-14-12-28(13-15-30)31(20-22-37)21-23-39-36(38)26(2)3/h17,19,25,27-32,37H,2,4-16,18,20-24H2,1,3H3. The quantitative estimate of drug-likeness (QED) is 0.155. The summed E-state index contributed by atoms with van der Waals surface area (Å²) in [5.41, 5.74) is 5.29. The number of aliphatic hydroxyl groups is 1. The van der Waals surface area contributed by atoms with Crippen molar-refractivity contribution in [2.45, 2.75) is 129 Å². The summed E-state index contributed by atoms with van der Waals surface area (Å²) in [4.78, 5) is 11.7. The molecule has 3 aliphatic carbocycles. The van der Waals surface area contributed by atoms with Crippen molar-refractivity contribution in [3.8, 4) is 0 Å². The molecule has 3 heteroatoms.